The maximum absolute atomic E-state index is 5.26. The fourth-order valence-corrected chi connectivity index (χ4v) is 3.78. The Kier molecular flexibility index (Phi) is 2.60. The first-order valence-electron chi connectivity index (χ1n) is 5.93. The van der Waals surface area contributed by atoms with E-state index in [0.29, 0.717) is 0 Å². The van der Waals surface area contributed by atoms with Crippen molar-refractivity contribution in [3.63, 3.8) is 0 Å². The van der Waals surface area contributed by atoms with Gasteiger partial charge in [0, 0.05) is 4.70 Å². The smallest absolute Gasteiger partial charge is 0.120 e. The molecule has 0 saturated heterocycles. The lowest BCUT2D eigenvalue weighted by Crippen LogP contribution is -1.89. The maximum Gasteiger partial charge on any atom is 0.120 e. The van der Waals surface area contributed by atoms with E-state index >= 15 is 0 Å². The average Bonchev–Trinajstić information content (AvgIpc) is 2.96. The first kappa shape index (κ1) is 10.2. The van der Waals surface area contributed by atoms with Gasteiger partial charge in [-0.3, -0.25) is 0 Å². The lowest BCUT2D eigenvalue weighted by molar-refractivity contribution is 0.415. The van der Waals surface area contributed by atoms with Crippen LogP contribution < -0.4 is 4.74 Å². The van der Waals surface area contributed by atoms with Crippen LogP contribution in [0.15, 0.2) is 23.6 Å². The summed E-state index contributed by atoms with van der Waals surface area (Å²) in [4.78, 5) is 0. The van der Waals surface area contributed by atoms with Gasteiger partial charge in [-0.15, -0.1) is 11.3 Å². The lowest BCUT2D eigenvalue weighted by atomic mass is 9.97. The molecule has 2 heteroatoms. The molecule has 1 heterocycles. The van der Waals surface area contributed by atoms with Gasteiger partial charge in [-0.2, -0.15) is 0 Å². The highest BCUT2D eigenvalue weighted by Gasteiger charge is 2.20. The molecule has 1 aromatic heterocycles. The van der Waals surface area contributed by atoms with Crippen LogP contribution in [0.25, 0.3) is 10.1 Å². The van der Waals surface area contributed by atoms with Crippen molar-refractivity contribution in [1.29, 1.82) is 0 Å². The summed E-state index contributed by atoms with van der Waals surface area (Å²) < 4.78 is 6.63. The summed E-state index contributed by atoms with van der Waals surface area (Å²) in [6, 6.07) is 6.45. The van der Waals surface area contributed by atoms with Crippen LogP contribution in [0.3, 0.4) is 0 Å². The van der Waals surface area contributed by atoms with Crippen LogP contribution in [0.2, 0.25) is 0 Å². The molecule has 1 aromatic carbocycles. The Bertz CT molecular complexity index is 494. The summed E-state index contributed by atoms with van der Waals surface area (Å²) in [7, 11) is 1.73. The number of ether oxygens (including phenoxy) is 1. The Hall–Kier alpha value is -1.02. The van der Waals surface area contributed by atoms with E-state index in [1.54, 1.807) is 12.7 Å². The van der Waals surface area contributed by atoms with Crippen LogP contribution in [0.1, 0.15) is 37.2 Å². The van der Waals surface area contributed by atoms with Gasteiger partial charge in [0.1, 0.15) is 5.75 Å². The minimum atomic E-state index is 0.808. The van der Waals surface area contributed by atoms with Crippen LogP contribution in [-0.4, -0.2) is 7.11 Å². The normalized spacial score (nSPS) is 17.1. The molecule has 1 aliphatic rings. The summed E-state index contributed by atoms with van der Waals surface area (Å²) in [6.07, 6.45) is 5.55. The van der Waals surface area contributed by atoms with E-state index in [9.17, 15) is 0 Å². The Morgan fingerprint density at radius 1 is 1.25 bits per heavy atom. The molecule has 0 bridgehead atoms. The zero-order valence-electron chi connectivity index (χ0n) is 9.53. The van der Waals surface area contributed by atoms with E-state index in [-0.39, 0.29) is 0 Å². The molecule has 84 valence electrons. The zero-order valence-corrected chi connectivity index (χ0v) is 10.3. The van der Waals surface area contributed by atoms with Gasteiger partial charge in [0.15, 0.2) is 0 Å². The molecule has 0 radical (unpaired) electrons. The predicted molar refractivity (Wildman–Crippen MR) is 69.6 cm³/mol. The molecule has 0 N–H and O–H groups in total. The number of rotatable bonds is 2. The number of fused-ring (bicyclic) bond motifs is 1. The third-order valence-electron chi connectivity index (χ3n) is 3.61. The van der Waals surface area contributed by atoms with Crippen LogP contribution in [0.4, 0.5) is 0 Å². The molecule has 1 fully saturated rings. The third-order valence-corrected chi connectivity index (χ3v) is 4.57. The molecule has 2 aromatic rings. The molecular formula is C14H16OS. The molecule has 0 spiro atoms. The number of thiophene rings is 1. The highest BCUT2D eigenvalue weighted by Crippen LogP contribution is 2.40. The van der Waals surface area contributed by atoms with E-state index < -0.39 is 0 Å². The van der Waals surface area contributed by atoms with Gasteiger partial charge in [0.25, 0.3) is 0 Å². The van der Waals surface area contributed by atoms with Crippen molar-refractivity contribution in [1.82, 2.24) is 0 Å². The van der Waals surface area contributed by atoms with E-state index in [1.165, 1.54) is 35.8 Å². The second-order valence-corrected chi connectivity index (χ2v) is 5.45. The molecule has 16 heavy (non-hydrogen) atoms. The minimum Gasteiger partial charge on any atom is -0.497 e. The quantitative estimate of drug-likeness (QED) is 0.737. The fourth-order valence-electron chi connectivity index (χ4n) is 2.71. The SMILES string of the molecule is COc1ccc2c(C3CCCC3)csc2c1. The van der Waals surface area contributed by atoms with Gasteiger partial charge < -0.3 is 4.74 Å². The summed E-state index contributed by atoms with van der Waals surface area (Å²) in [5.41, 5.74) is 1.57. The molecule has 0 atom stereocenters. The van der Waals surface area contributed by atoms with Gasteiger partial charge in [0.2, 0.25) is 0 Å². The van der Waals surface area contributed by atoms with Crippen molar-refractivity contribution >= 4 is 21.4 Å². The predicted octanol–water partition coefficient (Wildman–Crippen LogP) is 4.57. The van der Waals surface area contributed by atoms with Crippen molar-refractivity contribution in [3.05, 3.63) is 29.1 Å². The van der Waals surface area contributed by atoms with Crippen molar-refractivity contribution < 1.29 is 4.74 Å². The maximum atomic E-state index is 5.26. The monoisotopic (exact) mass is 232 g/mol. The van der Waals surface area contributed by atoms with E-state index in [2.05, 4.69) is 23.6 Å². The van der Waals surface area contributed by atoms with E-state index in [4.69, 9.17) is 4.74 Å². The Morgan fingerprint density at radius 2 is 2.06 bits per heavy atom. The van der Waals surface area contributed by atoms with Crippen molar-refractivity contribution in [2.24, 2.45) is 0 Å². The molecule has 0 amide bonds. The van der Waals surface area contributed by atoms with Gasteiger partial charge in [-0.1, -0.05) is 12.8 Å². The second kappa shape index (κ2) is 4.10. The van der Waals surface area contributed by atoms with Gasteiger partial charge in [-0.25, -0.2) is 0 Å². The first-order valence-corrected chi connectivity index (χ1v) is 6.81. The summed E-state index contributed by atoms with van der Waals surface area (Å²) in [6.45, 7) is 0. The molecule has 1 aliphatic carbocycles. The molecule has 3 rings (SSSR count). The summed E-state index contributed by atoms with van der Waals surface area (Å²) in [5.74, 6) is 1.77. The summed E-state index contributed by atoms with van der Waals surface area (Å²) in [5, 5.41) is 3.79. The van der Waals surface area contributed by atoms with Gasteiger partial charge in [-0.05, 0) is 53.3 Å². The Balaban J connectivity index is 2.06. The molecule has 0 unspecified atom stereocenters. The van der Waals surface area contributed by atoms with Crippen LogP contribution in [-0.2, 0) is 0 Å². The second-order valence-electron chi connectivity index (χ2n) is 4.53. The van der Waals surface area contributed by atoms with Crippen LogP contribution >= 0.6 is 11.3 Å². The zero-order chi connectivity index (χ0) is 11.0. The topological polar surface area (TPSA) is 9.23 Å². The highest BCUT2D eigenvalue weighted by molar-refractivity contribution is 7.17. The van der Waals surface area contributed by atoms with Crippen molar-refractivity contribution in [2.75, 3.05) is 7.11 Å². The van der Waals surface area contributed by atoms with Crippen LogP contribution in [0.5, 0.6) is 5.75 Å². The number of methoxy groups -OCH3 is 1. The molecular weight excluding hydrogens is 216 g/mol. The van der Waals surface area contributed by atoms with Crippen molar-refractivity contribution in [2.45, 2.75) is 31.6 Å². The van der Waals surface area contributed by atoms with Gasteiger partial charge in [0.05, 0.1) is 7.11 Å². The van der Waals surface area contributed by atoms with Crippen LogP contribution in [0, 0.1) is 0 Å². The fraction of sp³-hybridized carbons (Fsp3) is 0.429. The lowest BCUT2D eigenvalue weighted by Gasteiger charge is -2.07. The Labute approximate surface area is 100 Å². The number of hydrogen-bond acceptors (Lipinski definition) is 2. The largest absolute Gasteiger partial charge is 0.497 e. The molecule has 0 aliphatic heterocycles. The highest BCUT2D eigenvalue weighted by atomic mass is 32.1. The van der Waals surface area contributed by atoms with E-state index in [1.807, 2.05) is 11.3 Å². The minimum absolute atomic E-state index is 0.808. The van der Waals surface area contributed by atoms with E-state index in [0.717, 1.165) is 11.7 Å². The average molecular weight is 232 g/mol. The first-order chi connectivity index (χ1) is 7.88. The standard InChI is InChI=1S/C14H16OS/c1-15-11-6-7-12-13(9-16-14(12)8-11)10-4-2-3-5-10/h6-10H,2-5H2,1H3. The number of hydrogen-bond donors (Lipinski definition) is 0. The summed E-state index contributed by atoms with van der Waals surface area (Å²) >= 11 is 1.85. The Morgan fingerprint density at radius 3 is 2.81 bits per heavy atom. The third kappa shape index (κ3) is 1.61. The molecule has 1 nitrogen and oxygen atoms in total. The van der Waals surface area contributed by atoms with Gasteiger partial charge >= 0.3 is 0 Å². The number of benzene rings is 1. The molecule has 1 saturated carbocycles. The van der Waals surface area contributed by atoms with Crippen molar-refractivity contribution in [3.8, 4) is 5.75 Å².